The van der Waals surface area contributed by atoms with Crippen LogP contribution in [0.2, 0.25) is 0 Å². The Morgan fingerprint density at radius 3 is 1.26 bits per heavy atom. The van der Waals surface area contributed by atoms with Crippen LogP contribution in [-0.2, 0) is 20.2 Å². The molecular weight excluding hydrogens is 340 g/mol. The summed E-state index contributed by atoms with van der Waals surface area (Å²) in [7, 11) is -8.34. The summed E-state index contributed by atoms with van der Waals surface area (Å²) in [6.07, 6.45) is 4.03. The molecule has 6 nitrogen and oxygen atoms in total. The Labute approximate surface area is 141 Å². The smallest absolute Gasteiger partial charge is 0.268 e. The van der Waals surface area contributed by atoms with Gasteiger partial charge in [0.2, 0.25) is 0 Å². The Hall–Kier alpha value is -0.180. The molecule has 0 fully saturated rings. The highest BCUT2D eigenvalue weighted by Crippen LogP contribution is 2.29. The second kappa shape index (κ2) is 9.96. The molecule has 0 heterocycles. The van der Waals surface area contributed by atoms with Gasteiger partial charge in [0.1, 0.15) is 0 Å². The minimum absolute atomic E-state index is 0.322. The first-order valence-electron chi connectivity index (χ1n) is 8.37. The van der Waals surface area contributed by atoms with Crippen molar-refractivity contribution < 1.29 is 25.9 Å². The highest BCUT2D eigenvalue weighted by Gasteiger charge is 2.34. The lowest BCUT2D eigenvalue weighted by atomic mass is 9.89. The van der Waals surface area contributed by atoms with Crippen molar-refractivity contribution in [3.05, 3.63) is 0 Å². The van der Waals surface area contributed by atoms with Crippen LogP contribution >= 0.6 is 0 Å². The quantitative estimate of drug-likeness (QED) is 0.507. The highest BCUT2D eigenvalue weighted by molar-refractivity contribution is 7.86. The van der Waals surface area contributed by atoms with E-state index in [0.717, 1.165) is 12.8 Å². The van der Waals surface area contributed by atoms with Gasteiger partial charge in [0.15, 0.2) is 0 Å². The van der Waals surface area contributed by atoms with Crippen LogP contribution in [0.5, 0.6) is 0 Å². The Balaban J connectivity index is 5.09. The monoisotopic (exact) mass is 372 g/mol. The summed E-state index contributed by atoms with van der Waals surface area (Å²) in [5.41, 5.74) is 0. The molecule has 4 atom stereocenters. The van der Waals surface area contributed by atoms with Gasteiger partial charge in [-0.15, -0.1) is 0 Å². The van der Waals surface area contributed by atoms with E-state index in [4.69, 9.17) is 0 Å². The summed E-state index contributed by atoms with van der Waals surface area (Å²) in [6, 6.07) is 0. The fourth-order valence-electron chi connectivity index (χ4n) is 3.15. The van der Waals surface area contributed by atoms with Crippen LogP contribution in [0.3, 0.4) is 0 Å². The second-order valence-electron chi connectivity index (χ2n) is 6.58. The molecule has 0 saturated carbocycles. The van der Waals surface area contributed by atoms with Crippen LogP contribution < -0.4 is 0 Å². The van der Waals surface area contributed by atoms with Crippen molar-refractivity contribution in [2.24, 2.45) is 11.8 Å². The van der Waals surface area contributed by atoms with Crippen LogP contribution in [-0.4, -0.2) is 36.4 Å². The fraction of sp³-hybridized carbons (Fsp3) is 1.00. The van der Waals surface area contributed by atoms with Crippen molar-refractivity contribution in [2.75, 3.05) is 0 Å². The third kappa shape index (κ3) is 8.47. The summed E-state index contributed by atoms with van der Waals surface area (Å²) in [6.45, 7) is 7.30. The van der Waals surface area contributed by atoms with Crippen LogP contribution in [0.25, 0.3) is 0 Å². The molecule has 0 aliphatic carbocycles. The van der Waals surface area contributed by atoms with Crippen molar-refractivity contribution in [1.29, 1.82) is 0 Å². The topological polar surface area (TPSA) is 109 Å². The molecule has 2 N–H and O–H groups in total. The normalized spacial score (nSPS) is 18.3. The molecule has 4 unspecified atom stereocenters. The summed E-state index contributed by atoms with van der Waals surface area (Å²) in [5, 5.41) is -1.78. The summed E-state index contributed by atoms with van der Waals surface area (Å²) < 4.78 is 65.2. The van der Waals surface area contributed by atoms with Crippen molar-refractivity contribution in [1.82, 2.24) is 0 Å². The van der Waals surface area contributed by atoms with Gasteiger partial charge < -0.3 is 0 Å². The van der Waals surface area contributed by atoms with Gasteiger partial charge in [0, 0.05) is 0 Å². The van der Waals surface area contributed by atoms with E-state index in [-0.39, 0.29) is 11.8 Å². The lowest BCUT2D eigenvalue weighted by Gasteiger charge is -2.27. The van der Waals surface area contributed by atoms with Crippen molar-refractivity contribution in [3.63, 3.8) is 0 Å². The van der Waals surface area contributed by atoms with E-state index in [1.165, 1.54) is 0 Å². The average molecular weight is 373 g/mol. The molecular formula is C15H32O6S2. The standard InChI is InChI=1S/C15H32O6S2/c1-5-7-9-14(22(16,17)18)12(3)11-13(4)15(10-8-6-2)23(19,20)21/h12-15H,5-11H2,1-4H3,(H,16,17,18)(H,19,20,21). The molecule has 0 aliphatic rings. The first kappa shape index (κ1) is 22.8. The molecule has 0 spiro atoms. The first-order chi connectivity index (χ1) is 10.4. The zero-order valence-corrected chi connectivity index (χ0v) is 16.2. The third-order valence-electron chi connectivity index (χ3n) is 4.46. The molecule has 0 aromatic rings. The van der Waals surface area contributed by atoms with Crippen LogP contribution in [0.4, 0.5) is 0 Å². The Morgan fingerprint density at radius 2 is 1.04 bits per heavy atom. The molecule has 0 bridgehead atoms. The number of rotatable bonds is 12. The SMILES string of the molecule is CCCCC(C(C)CC(C)C(CCCC)S(=O)(=O)O)S(=O)(=O)O. The molecule has 0 aliphatic heterocycles. The van der Waals surface area contributed by atoms with Crippen molar-refractivity contribution in [2.45, 2.75) is 83.1 Å². The first-order valence-corrected chi connectivity index (χ1v) is 11.4. The molecule has 0 saturated heterocycles. The number of hydrogen-bond donors (Lipinski definition) is 2. The van der Waals surface area contributed by atoms with Crippen LogP contribution in [0, 0.1) is 11.8 Å². The summed E-state index contributed by atoms with van der Waals surface area (Å²) in [4.78, 5) is 0. The Morgan fingerprint density at radius 1 is 0.739 bits per heavy atom. The van der Waals surface area contributed by atoms with Gasteiger partial charge in [0.05, 0.1) is 10.5 Å². The molecule has 0 radical (unpaired) electrons. The largest absolute Gasteiger partial charge is 0.285 e. The molecule has 0 aromatic carbocycles. The van der Waals surface area contributed by atoms with Gasteiger partial charge in [-0.2, -0.15) is 16.8 Å². The molecule has 8 heteroatoms. The predicted octanol–water partition coefficient (Wildman–Crippen LogP) is 3.54. The van der Waals surface area contributed by atoms with Crippen molar-refractivity contribution in [3.8, 4) is 0 Å². The average Bonchev–Trinajstić information content (AvgIpc) is 2.36. The van der Waals surface area contributed by atoms with Gasteiger partial charge >= 0.3 is 0 Å². The molecule has 140 valence electrons. The highest BCUT2D eigenvalue weighted by atomic mass is 32.2. The minimum atomic E-state index is -4.17. The maximum atomic E-state index is 11.6. The Bertz CT molecular complexity index is 478. The predicted molar refractivity (Wildman–Crippen MR) is 92.7 cm³/mol. The van der Waals surface area contributed by atoms with E-state index in [1.54, 1.807) is 13.8 Å². The Kier molecular flexibility index (Phi) is 9.88. The van der Waals surface area contributed by atoms with Crippen LogP contribution in [0.1, 0.15) is 72.6 Å². The third-order valence-corrected chi connectivity index (χ3v) is 7.39. The minimum Gasteiger partial charge on any atom is -0.285 e. The molecule has 0 amide bonds. The van der Waals surface area contributed by atoms with Gasteiger partial charge in [-0.05, 0) is 31.1 Å². The van der Waals surface area contributed by atoms with E-state index in [9.17, 15) is 25.9 Å². The molecule has 23 heavy (non-hydrogen) atoms. The second-order valence-corrected chi connectivity index (χ2v) is 9.85. The zero-order valence-electron chi connectivity index (χ0n) is 14.6. The van der Waals surface area contributed by atoms with E-state index in [1.807, 2.05) is 13.8 Å². The van der Waals surface area contributed by atoms with E-state index in [2.05, 4.69) is 0 Å². The van der Waals surface area contributed by atoms with Crippen LogP contribution in [0.15, 0.2) is 0 Å². The lowest BCUT2D eigenvalue weighted by Crippen LogP contribution is -2.34. The van der Waals surface area contributed by atoms with Crippen molar-refractivity contribution >= 4 is 20.2 Å². The maximum absolute atomic E-state index is 11.6. The summed E-state index contributed by atoms with van der Waals surface area (Å²) >= 11 is 0. The van der Waals surface area contributed by atoms with E-state index >= 15 is 0 Å². The lowest BCUT2D eigenvalue weighted by molar-refractivity contribution is 0.334. The number of hydrogen-bond acceptors (Lipinski definition) is 4. The van der Waals surface area contributed by atoms with E-state index in [0.29, 0.717) is 32.1 Å². The van der Waals surface area contributed by atoms with Gasteiger partial charge in [0.25, 0.3) is 20.2 Å². The fourth-order valence-corrected chi connectivity index (χ4v) is 5.48. The summed E-state index contributed by atoms with van der Waals surface area (Å²) in [5.74, 6) is -0.755. The van der Waals surface area contributed by atoms with E-state index < -0.39 is 30.7 Å². The number of unbranched alkanes of at least 4 members (excludes halogenated alkanes) is 2. The molecule has 0 aromatic heterocycles. The maximum Gasteiger partial charge on any atom is 0.268 e. The van der Waals surface area contributed by atoms with Gasteiger partial charge in [-0.25, -0.2) is 0 Å². The molecule has 0 rings (SSSR count). The van der Waals surface area contributed by atoms with Gasteiger partial charge in [-0.1, -0.05) is 53.4 Å². The zero-order chi connectivity index (χ0) is 18.3. The van der Waals surface area contributed by atoms with Gasteiger partial charge in [-0.3, -0.25) is 9.11 Å².